The van der Waals surface area contributed by atoms with E-state index in [1.54, 1.807) is 12.1 Å². The van der Waals surface area contributed by atoms with Crippen LogP contribution in [-0.2, 0) is 11.3 Å². The molecule has 7 heteroatoms. The molecule has 2 aromatic heterocycles. The third kappa shape index (κ3) is 3.70. The quantitative estimate of drug-likeness (QED) is 0.609. The first-order chi connectivity index (χ1) is 14.5. The number of pyridine rings is 1. The molecule has 1 aliphatic rings. The average molecular weight is 404 g/mol. The number of nitrogens with one attached hydrogen (secondary N) is 1. The third-order valence-electron chi connectivity index (χ3n) is 5.33. The zero-order chi connectivity index (χ0) is 21.3. The van der Waals surface area contributed by atoms with Crippen molar-refractivity contribution in [2.75, 3.05) is 11.9 Å². The van der Waals surface area contributed by atoms with Crippen LogP contribution in [0, 0.1) is 5.92 Å². The zero-order valence-corrected chi connectivity index (χ0v) is 17.1. The van der Waals surface area contributed by atoms with Gasteiger partial charge in [-0.1, -0.05) is 19.9 Å². The molecular weight excluding hydrogens is 380 g/mol. The number of amides is 3. The summed E-state index contributed by atoms with van der Waals surface area (Å²) < 4.78 is 2.19. The molecular formula is C23H24N4O3. The van der Waals surface area contributed by atoms with E-state index in [0.717, 1.165) is 34.5 Å². The van der Waals surface area contributed by atoms with Crippen LogP contribution in [0.15, 0.2) is 48.8 Å². The topological polar surface area (TPSA) is 84.3 Å². The first-order valence-electron chi connectivity index (χ1n) is 10.1. The highest BCUT2D eigenvalue weighted by Gasteiger charge is 2.36. The summed E-state index contributed by atoms with van der Waals surface area (Å²) in [5, 5.41) is 3.89. The van der Waals surface area contributed by atoms with Crippen molar-refractivity contribution >= 4 is 34.3 Å². The number of nitrogens with zero attached hydrogens (tertiary/aromatic N) is 3. The standard InChI is InChI=1S/C23H24N4O3/c1-15(2)8-12-26-13-9-16-18(6-3-7-19(16)26)25-20(28)10-14-27-22(29)17-5-4-11-24-21(17)23(27)30/h3-7,9,11,13,15H,8,10,12,14H2,1-2H3,(H,25,28). The summed E-state index contributed by atoms with van der Waals surface area (Å²) in [5.74, 6) is -0.488. The van der Waals surface area contributed by atoms with Crippen LogP contribution in [-0.4, -0.2) is 38.7 Å². The predicted molar refractivity (Wildman–Crippen MR) is 114 cm³/mol. The number of imide groups is 1. The van der Waals surface area contributed by atoms with Gasteiger partial charge in [-0.3, -0.25) is 24.3 Å². The Morgan fingerprint density at radius 1 is 1.07 bits per heavy atom. The molecule has 0 atom stereocenters. The summed E-state index contributed by atoms with van der Waals surface area (Å²) in [4.78, 5) is 42.4. The molecule has 154 valence electrons. The van der Waals surface area contributed by atoms with Crippen LogP contribution in [0.2, 0.25) is 0 Å². The fourth-order valence-electron chi connectivity index (χ4n) is 3.67. The summed E-state index contributed by atoms with van der Waals surface area (Å²) in [6, 6.07) is 11.0. The molecule has 4 rings (SSSR count). The molecule has 0 unspecified atom stereocenters. The molecule has 3 heterocycles. The highest BCUT2D eigenvalue weighted by Crippen LogP contribution is 2.26. The van der Waals surface area contributed by atoms with Crippen LogP contribution in [0.5, 0.6) is 0 Å². The molecule has 7 nitrogen and oxygen atoms in total. The lowest BCUT2D eigenvalue weighted by Crippen LogP contribution is -2.33. The van der Waals surface area contributed by atoms with Crippen molar-refractivity contribution in [3.8, 4) is 0 Å². The van der Waals surface area contributed by atoms with Crippen molar-refractivity contribution in [2.45, 2.75) is 33.2 Å². The largest absolute Gasteiger partial charge is 0.347 e. The maximum atomic E-state index is 12.5. The van der Waals surface area contributed by atoms with E-state index in [1.807, 2.05) is 30.5 Å². The van der Waals surface area contributed by atoms with E-state index in [1.165, 1.54) is 6.20 Å². The number of carbonyl (C=O) groups excluding carboxylic acids is 3. The van der Waals surface area contributed by atoms with Crippen molar-refractivity contribution in [1.82, 2.24) is 14.5 Å². The lowest BCUT2D eigenvalue weighted by molar-refractivity contribution is -0.116. The van der Waals surface area contributed by atoms with Crippen LogP contribution < -0.4 is 5.32 Å². The van der Waals surface area contributed by atoms with Gasteiger partial charge in [-0.15, -0.1) is 0 Å². The van der Waals surface area contributed by atoms with Gasteiger partial charge in [0.1, 0.15) is 5.69 Å². The fourth-order valence-corrected chi connectivity index (χ4v) is 3.67. The number of anilines is 1. The van der Waals surface area contributed by atoms with Gasteiger partial charge in [0.25, 0.3) is 11.8 Å². The normalized spacial score (nSPS) is 13.4. The molecule has 30 heavy (non-hydrogen) atoms. The van der Waals surface area contributed by atoms with Crippen LogP contribution >= 0.6 is 0 Å². The molecule has 0 saturated carbocycles. The molecule has 1 N–H and O–H groups in total. The van der Waals surface area contributed by atoms with E-state index >= 15 is 0 Å². The lowest BCUT2D eigenvalue weighted by atomic mass is 10.1. The monoisotopic (exact) mass is 404 g/mol. The summed E-state index contributed by atoms with van der Waals surface area (Å²) in [5.41, 5.74) is 2.23. The van der Waals surface area contributed by atoms with E-state index in [2.05, 4.69) is 28.7 Å². The molecule has 0 fully saturated rings. The Morgan fingerprint density at radius 3 is 2.67 bits per heavy atom. The zero-order valence-electron chi connectivity index (χ0n) is 17.1. The van der Waals surface area contributed by atoms with E-state index < -0.39 is 11.8 Å². The maximum Gasteiger partial charge on any atom is 0.280 e. The first-order valence-corrected chi connectivity index (χ1v) is 10.1. The van der Waals surface area contributed by atoms with Gasteiger partial charge in [-0.2, -0.15) is 0 Å². The fraction of sp³-hybridized carbons (Fsp3) is 0.304. The minimum atomic E-state index is -0.451. The number of aromatic nitrogens is 2. The van der Waals surface area contributed by atoms with Gasteiger partial charge < -0.3 is 9.88 Å². The maximum absolute atomic E-state index is 12.5. The summed E-state index contributed by atoms with van der Waals surface area (Å²) >= 11 is 0. The molecule has 1 aliphatic heterocycles. The Morgan fingerprint density at radius 2 is 1.90 bits per heavy atom. The minimum absolute atomic E-state index is 0.0191. The second-order valence-electron chi connectivity index (χ2n) is 7.89. The SMILES string of the molecule is CC(C)CCn1ccc2c(NC(=O)CCN3C(=O)c4cccnc4C3=O)cccc21. The third-order valence-corrected chi connectivity index (χ3v) is 5.33. The van der Waals surface area contributed by atoms with Crippen molar-refractivity contribution < 1.29 is 14.4 Å². The molecule has 0 spiro atoms. The summed E-state index contributed by atoms with van der Waals surface area (Å²) in [7, 11) is 0. The predicted octanol–water partition coefficient (Wildman–Crippen LogP) is 3.71. The number of hydrogen-bond acceptors (Lipinski definition) is 4. The molecule has 1 aromatic carbocycles. The van der Waals surface area contributed by atoms with Gasteiger partial charge in [0.05, 0.1) is 16.8 Å². The number of aryl methyl sites for hydroxylation is 1. The van der Waals surface area contributed by atoms with E-state index in [4.69, 9.17) is 0 Å². The number of hydrogen-bond donors (Lipinski definition) is 1. The van der Waals surface area contributed by atoms with Crippen LogP contribution in [0.1, 0.15) is 47.5 Å². The van der Waals surface area contributed by atoms with Gasteiger partial charge in [0, 0.05) is 37.3 Å². The highest BCUT2D eigenvalue weighted by atomic mass is 16.2. The summed E-state index contributed by atoms with van der Waals surface area (Å²) in [6.45, 7) is 5.33. The molecule has 0 bridgehead atoms. The van der Waals surface area contributed by atoms with Crippen molar-refractivity contribution in [3.05, 3.63) is 60.0 Å². The Bertz CT molecular complexity index is 1100. The first kappa shape index (κ1) is 19.8. The second-order valence-corrected chi connectivity index (χ2v) is 7.89. The van der Waals surface area contributed by atoms with Crippen molar-refractivity contribution in [3.63, 3.8) is 0 Å². The van der Waals surface area contributed by atoms with Crippen LogP contribution in [0.4, 0.5) is 5.69 Å². The molecule has 0 saturated heterocycles. The Hall–Kier alpha value is -3.48. The van der Waals surface area contributed by atoms with Gasteiger partial charge in [0.2, 0.25) is 5.91 Å². The Labute approximate surface area is 174 Å². The highest BCUT2D eigenvalue weighted by molar-refractivity contribution is 6.20. The van der Waals surface area contributed by atoms with Gasteiger partial charge in [-0.25, -0.2) is 0 Å². The van der Waals surface area contributed by atoms with E-state index in [9.17, 15) is 14.4 Å². The second kappa shape index (κ2) is 8.10. The lowest BCUT2D eigenvalue weighted by Gasteiger charge is -2.14. The van der Waals surface area contributed by atoms with Gasteiger partial charge in [0.15, 0.2) is 0 Å². The molecule has 3 amide bonds. The van der Waals surface area contributed by atoms with E-state index in [0.29, 0.717) is 5.92 Å². The molecule has 0 radical (unpaired) electrons. The Balaban J connectivity index is 1.42. The van der Waals surface area contributed by atoms with Crippen LogP contribution in [0.25, 0.3) is 10.9 Å². The molecule has 0 aliphatic carbocycles. The smallest absolute Gasteiger partial charge is 0.280 e. The number of carbonyl (C=O) groups is 3. The van der Waals surface area contributed by atoms with E-state index in [-0.39, 0.29) is 30.1 Å². The van der Waals surface area contributed by atoms with Crippen molar-refractivity contribution in [1.29, 1.82) is 0 Å². The van der Waals surface area contributed by atoms with Gasteiger partial charge >= 0.3 is 0 Å². The number of fused-ring (bicyclic) bond motifs is 2. The average Bonchev–Trinajstić information content (AvgIpc) is 3.25. The minimum Gasteiger partial charge on any atom is -0.347 e. The molecule has 3 aromatic rings. The van der Waals surface area contributed by atoms with Gasteiger partial charge in [-0.05, 0) is 42.7 Å². The Kier molecular flexibility index (Phi) is 5.35. The van der Waals surface area contributed by atoms with Crippen LogP contribution in [0.3, 0.4) is 0 Å². The number of benzene rings is 1. The number of rotatable bonds is 7. The van der Waals surface area contributed by atoms with Crippen molar-refractivity contribution in [2.24, 2.45) is 5.92 Å². The summed E-state index contributed by atoms with van der Waals surface area (Å²) in [6.07, 6.45) is 4.62.